The number of aromatic carboxylic acids is 1. The van der Waals surface area contributed by atoms with E-state index < -0.39 is 43.8 Å². The van der Waals surface area contributed by atoms with E-state index in [1.165, 1.54) is 6.92 Å². The third kappa shape index (κ3) is 4.74. The minimum atomic E-state index is -5.43. The molecule has 0 amide bonds. The van der Waals surface area contributed by atoms with Gasteiger partial charge in [-0.3, -0.25) is 0 Å². The fourth-order valence-electron chi connectivity index (χ4n) is 1.47. The zero-order chi connectivity index (χ0) is 15.7. The van der Waals surface area contributed by atoms with Gasteiger partial charge in [-0.1, -0.05) is 3.89 Å². The van der Waals surface area contributed by atoms with E-state index >= 15 is 0 Å². The molecule has 1 rings (SSSR count). The first-order chi connectivity index (χ1) is 8.89. The van der Waals surface area contributed by atoms with Crippen molar-refractivity contribution in [3.05, 3.63) is 28.8 Å². The van der Waals surface area contributed by atoms with E-state index in [0.29, 0.717) is 6.07 Å². The van der Waals surface area contributed by atoms with E-state index in [1.54, 1.807) is 0 Å². The van der Waals surface area contributed by atoms with E-state index in [4.69, 9.17) is 5.11 Å². The lowest BCUT2D eigenvalue weighted by Gasteiger charge is -2.10. The number of rotatable bonds is 5. The van der Waals surface area contributed by atoms with Crippen LogP contribution < -0.4 is 4.18 Å². The number of carboxylic acid groups (broad SMARTS) is 1. The molecule has 0 spiro atoms. The maximum absolute atomic E-state index is 12.6. The normalized spacial score (nSPS) is 12.2. The second kappa shape index (κ2) is 5.32. The summed E-state index contributed by atoms with van der Waals surface area (Å²) in [5.41, 5.74) is -1.00. The molecule has 0 aliphatic rings. The maximum atomic E-state index is 12.6. The SMILES string of the molecule is Cc1c(CS(=O)(=O)F)cc(OS(=O)(=O)F)cc1C(=O)O. The van der Waals surface area contributed by atoms with Gasteiger partial charge in [-0.25, -0.2) is 4.79 Å². The summed E-state index contributed by atoms with van der Waals surface area (Å²) < 4.78 is 70.7. The number of benzene rings is 1. The van der Waals surface area contributed by atoms with Crippen LogP contribution in [0.4, 0.5) is 7.77 Å². The number of hydrogen-bond donors (Lipinski definition) is 1. The second-order valence-electron chi connectivity index (χ2n) is 3.72. The van der Waals surface area contributed by atoms with Crippen LogP contribution in [0.25, 0.3) is 0 Å². The molecule has 11 heteroatoms. The molecule has 0 aliphatic carbocycles. The molecule has 0 bridgehead atoms. The summed E-state index contributed by atoms with van der Waals surface area (Å²) in [7, 11) is -10.4. The van der Waals surface area contributed by atoms with Crippen LogP contribution in [-0.4, -0.2) is 27.9 Å². The fraction of sp³-hybridized carbons (Fsp3) is 0.222. The van der Waals surface area contributed by atoms with Crippen molar-refractivity contribution in [3.8, 4) is 5.75 Å². The topological polar surface area (TPSA) is 115 Å². The predicted octanol–water partition coefficient (Wildman–Crippen LogP) is 1.09. The highest BCUT2D eigenvalue weighted by atomic mass is 32.3. The highest BCUT2D eigenvalue weighted by molar-refractivity contribution is 7.85. The molecule has 0 radical (unpaired) electrons. The van der Waals surface area contributed by atoms with Crippen LogP contribution in [0.15, 0.2) is 12.1 Å². The van der Waals surface area contributed by atoms with Crippen molar-refractivity contribution < 1.29 is 38.7 Å². The Labute approximate surface area is 113 Å². The number of hydrogen-bond acceptors (Lipinski definition) is 6. The summed E-state index contributed by atoms with van der Waals surface area (Å²) in [6, 6.07) is 1.42. The third-order valence-corrected chi connectivity index (χ3v) is 3.29. The van der Waals surface area contributed by atoms with Crippen molar-refractivity contribution >= 4 is 26.7 Å². The summed E-state index contributed by atoms with van der Waals surface area (Å²) >= 11 is 0. The Morgan fingerprint density at radius 3 is 2.20 bits per heavy atom. The zero-order valence-electron chi connectivity index (χ0n) is 9.83. The Morgan fingerprint density at radius 2 is 1.80 bits per heavy atom. The highest BCUT2D eigenvalue weighted by Crippen LogP contribution is 2.25. The van der Waals surface area contributed by atoms with Gasteiger partial charge in [-0.15, -0.1) is 3.89 Å². The lowest BCUT2D eigenvalue weighted by atomic mass is 10.0. The number of carbonyl (C=O) groups is 1. The van der Waals surface area contributed by atoms with Gasteiger partial charge in [-0.05, 0) is 30.2 Å². The fourth-order valence-corrected chi connectivity index (χ4v) is 2.46. The molecule has 1 N–H and O–H groups in total. The molecule has 0 unspecified atom stereocenters. The van der Waals surface area contributed by atoms with E-state index in [9.17, 15) is 29.4 Å². The molecule has 0 aliphatic heterocycles. The first-order valence-corrected chi connectivity index (χ1v) is 7.68. The molecule has 0 saturated heterocycles. The average molecular weight is 330 g/mol. The van der Waals surface area contributed by atoms with Crippen LogP contribution in [0.5, 0.6) is 5.75 Å². The largest absolute Gasteiger partial charge is 0.488 e. The van der Waals surface area contributed by atoms with E-state index in [-0.39, 0.29) is 11.1 Å². The Balaban J connectivity index is 3.46. The summed E-state index contributed by atoms with van der Waals surface area (Å²) in [5, 5.41) is 8.87. The Bertz CT molecular complexity index is 753. The monoisotopic (exact) mass is 330 g/mol. The molecule has 1 aromatic rings. The lowest BCUT2D eigenvalue weighted by Crippen LogP contribution is -2.09. The van der Waals surface area contributed by atoms with Crippen molar-refractivity contribution in [2.24, 2.45) is 0 Å². The molecule has 0 heterocycles. The van der Waals surface area contributed by atoms with Crippen LogP contribution >= 0.6 is 0 Å². The van der Waals surface area contributed by atoms with Gasteiger partial charge in [0.1, 0.15) is 11.5 Å². The Hall–Kier alpha value is -1.75. The lowest BCUT2D eigenvalue weighted by molar-refractivity contribution is 0.0695. The minimum absolute atomic E-state index is 0.109. The summed E-state index contributed by atoms with van der Waals surface area (Å²) in [4.78, 5) is 10.9. The third-order valence-electron chi connectivity index (χ3n) is 2.24. The van der Waals surface area contributed by atoms with Gasteiger partial charge >= 0.3 is 26.7 Å². The maximum Gasteiger partial charge on any atom is 0.488 e. The standard InChI is InChI=1S/C9H8F2O7S2/c1-5-6(4-19(10,14)15)2-7(18-20(11,16)17)3-8(5)9(12)13/h2-3H,4H2,1H3,(H,12,13). The van der Waals surface area contributed by atoms with Crippen molar-refractivity contribution in [2.45, 2.75) is 12.7 Å². The second-order valence-corrected chi connectivity index (χ2v) is 6.04. The number of halogens is 2. The van der Waals surface area contributed by atoms with Gasteiger partial charge in [0.25, 0.3) is 0 Å². The number of carboxylic acids is 1. The molecule has 20 heavy (non-hydrogen) atoms. The highest BCUT2D eigenvalue weighted by Gasteiger charge is 2.20. The molecule has 0 saturated carbocycles. The van der Waals surface area contributed by atoms with Crippen molar-refractivity contribution in [1.82, 2.24) is 0 Å². The quantitative estimate of drug-likeness (QED) is 0.803. The Morgan fingerprint density at radius 1 is 1.25 bits per heavy atom. The van der Waals surface area contributed by atoms with Crippen LogP contribution in [0.1, 0.15) is 21.5 Å². The molecular weight excluding hydrogens is 322 g/mol. The predicted molar refractivity (Wildman–Crippen MR) is 62.5 cm³/mol. The van der Waals surface area contributed by atoms with E-state index in [0.717, 1.165) is 6.07 Å². The molecule has 0 atom stereocenters. The molecule has 0 fully saturated rings. The van der Waals surface area contributed by atoms with Crippen molar-refractivity contribution in [2.75, 3.05) is 0 Å². The first-order valence-electron chi connectivity index (χ1n) is 4.82. The molecule has 1 aromatic carbocycles. The van der Waals surface area contributed by atoms with Gasteiger partial charge in [0.2, 0.25) is 0 Å². The summed E-state index contributed by atoms with van der Waals surface area (Å²) in [6.45, 7) is 1.19. The molecule has 0 aromatic heterocycles. The smallest absolute Gasteiger partial charge is 0.478 e. The first kappa shape index (κ1) is 16.3. The van der Waals surface area contributed by atoms with Gasteiger partial charge < -0.3 is 9.29 Å². The molecule has 7 nitrogen and oxygen atoms in total. The van der Waals surface area contributed by atoms with Gasteiger partial charge in [-0.2, -0.15) is 16.8 Å². The van der Waals surface area contributed by atoms with Gasteiger partial charge in [0.15, 0.2) is 0 Å². The zero-order valence-corrected chi connectivity index (χ0v) is 11.5. The van der Waals surface area contributed by atoms with E-state index in [1.807, 2.05) is 0 Å². The molecular formula is C9H8F2O7S2. The summed E-state index contributed by atoms with van der Waals surface area (Å²) in [5.74, 6) is -3.50. The Kier molecular flexibility index (Phi) is 4.34. The summed E-state index contributed by atoms with van der Waals surface area (Å²) in [6.07, 6.45) is 0. The van der Waals surface area contributed by atoms with Crippen LogP contribution in [0.3, 0.4) is 0 Å². The van der Waals surface area contributed by atoms with Crippen LogP contribution in [0, 0.1) is 6.92 Å². The van der Waals surface area contributed by atoms with Crippen molar-refractivity contribution in [3.63, 3.8) is 0 Å². The van der Waals surface area contributed by atoms with E-state index in [2.05, 4.69) is 4.18 Å². The van der Waals surface area contributed by atoms with Crippen LogP contribution in [0.2, 0.25) is 0 Å². The van der Waals surface area contributed by atoms with Crippen LogP contribution in [-0.2, 0) is 26.5 Å². The van der Waals surface area contributed by atoms with Gasteiger partial charge in [0.05, 0.1) is 5.56 Å². The average Bonchev–Trinajstić information content (AvgIpc) is 2.17. The molecule has 112 valence electrons. The van der Waals surface area contributed by atoms with Gasteiger partial charge in [0, 0.05) is 0 Å². The minimum Gasteiger partial charge on any atom is -0.478 e. The van der Waals surface area contributed by atoms with Crippen molar-refractivity contribution in [1.29, 1.82) is 0 Å².